The van der Waals surface area contributed by atoms with Gasteiger partial charge in [0.25, 0.3) is 0 Å². The predicted molar refractivity (Wildman–Crippen MR) is 247 cm³/mol. The van der Waals surface area contributed by atoms with Gasteiger partial charge in [0.2, 0.25) is 0 Å². The number of hydrogen-bond acceptors (Lipinski definition) is 6. The van der Waals surface area contributed by atoms with E-state index < -0.39 is 6.10 Å². The number of carbonyl (C=O) groups excluding carboxylic acids is 3. The summed E-state index contributed by atoms with van der Waals surface area (Å²) >= 11 is 0. The average Bonchev–Trinajstić information content (AvgIpc) is 3.22. The second-order valence-corrected chi connectivity index (χ2v) is 15.2. The molecule has 330 valence electrons. The monoisotopic (exact) mass is 807 g/mol. The van der Waals surface area contributed by atoms with Gasteiger partial charge in [0.05, 0.1) is 0 Å². The summed E-state index contributed by atoms with van der Waals surface area (Å²) < 4.78 is 16.7. The Kier molecular flexibility index (Phi) is 43.6. The highest BCUT2D eigenvalue weighted by molar-refractivity contribution is 5.71. The van der Waals surface area contributed by atoms with Crippen LogP contribution in [0.25, 0.3) is 0 Å². The van der Waals surface area contributed by atoms with Crippen molar-refractivity contribution in [2.45, 2.75) is 213 Å². The highest BCUT2D eigenvalue weighted by Crippen LogP contribution is 2.13. The highest BCUT2D eigenvalue weighted by Gasteiger charge is 2.19. The highest BCUT2D eigenvalue weighted by atomic mass is 16.6. The van der Waals surface area contributed by atoms with Gasteiger partial charge in [-0.1, -0.05) is 170 Å². The third kappa shape index (κ3) is 43.7. The van der Waals surface area contributed by atoms with Gasteiger partial charge in [0.1, 0.15) is 13.2 Å². The Balaban J connectivity index is 4.46. The molecule has 0 rings (SSSR count). The number of allylic oxidation sites excluding steroid dienone is 14. The lowest BCUT2D eigenvalue weighted by Crippen LogP contribution is -2.30. The molecular weight excluding hydrogens is 721 g/mol. The quantitative estimate of drug-likeness (QED) is 0.0265. The van der Waals surface area contributed by atoms with Crippen molar-refractivity contribution in [3.05, 3.63) is 85.1 Å². The predicted octanol–water partition coefficient (Wildman–Crippen LogP) is 15.3. The summed E-state index contributed by atoms with van der Waals surface area (Å²) in [6.45, 7) is 6.25. The Morgan fingerprint density at radius 3 is 0.966 bits per heavy atom. The first-order chi connectivity index (χ1) is 28.5. The van der Waals surface area contributed by atoms with Crippen LogP contribution in [0.4, 0.5) is 0 Å². The summed E-state index contributed by atoms with van der Waals surface area (Å²) in [7, 11) is 0. The summed E-state index contributed by atoms with van der Waals surface area (Å²) in [6, 6.07) is 0. The first kappa shape index (κ1) is 54.6. The van der Waals surface area contributed by atoms with E-state index in [1.807, 2.05) is 0 Å². The van der Waals surface area contributed by atoms with Crippen molar-refractivity contribution in [1.82, 2.24) is 0 Å². The van der Waals surface area contributed by atoms with Gasteiger partial charge in [-0.2, -0.15) is 0 Å². The lowest BCUT2D eigenvalue weighted by Gasteiger charge is -2.18. The lowest BCUT2D eigenvalue weighted by molar-refractivity contribution is -0.167. The largest absolute Gasteiger partial charge is 0.462 e. The zero-order chi connectivity index (χ0) is 42.3. The van der Waals surface area contributed by atoms with Crippen molar-refractivity contribution in [3.8, 4) is 0 Å². The molecule has 0 aromatic rings. The fourth-order valence-corrected chi connectivity index (χ4v) is 6.18. The van der Waals surface area contributed by atoms with Crippen LogP contribution in [0.1, 0.15) is 207 Å². The van der Waals surface area contributed by atoms with E-state index in [-0.39, 0.29) is 31.1 Å². The van der Waals surface area contributed by atoms with Crippen LogP contribution in [0.2, 0.25) is 0 Å². The molecule has 0 aliphatic heterocycles. The summed E-state index contributed by atoms with van der Waals surface area (Å²) in [5.74, 6) is -0.947. The van der Waals surface area contributed by atoms with E-state index >= 15 is 0 Å². The topological polar surface area (TPSA) is 78.9 Å². The second kappa shape index (κ2) is 46.3. The van der Waals surface area contributed by atoms with Gasteiger partial charge < -0.3 is 14.2 Å². The van der Waals surface area contributed by atoms with E-state index in [0.717, 1.165) is 141 Å². The van der Waals surface area contributed by atoms with Gasteiger partial charge >= 0.3 is 17.9 Å². The molecule has 0 aliphatic rings. The molecule has 58 heavy (non-hydrogen) atoms. The van der Waals surface area contributed by atoms with Gasteiger partial charge in [-0.3, -0.25) is 14.4 Å². The molecule has 0 heterocycles. The van der Waals surface area contributed by atoms with E-state index in [9.17, 15) is 14.4 Å². The molecule has 0 saturated carbocycles. The van der Waals surface area contributed by atoms with E-state index in [4.69, 9.17) is 14.2 Å². The molecule has 0 aromatic heterocycles. The summed E-state index contributed by atoms with van der Waals surface area (Å²) in [5, 5.41) is 0. The minimum atomic E-state index is -0.794. The van der Waals surface area contributed by atoms with Crippen LogP contribution < -0.4 is 0 Å². The van der Waals surface area contributed by atoms with Crippen molar-refractivity contribution in [3.63, 3.8) is 0 Å². The zero-order valence-corrected chi connectivity index (χ0v) is 37.5. The van der Waals surface area contributed by atoms with E-state index in [0.29, 0.717) is 19.3 Å². The Morgan fingerprint density at radius 1 is 0.345 bits per heavy atom. The molecule has 1 unspecified atom stereocenters. The van der Waals surface area contributed by atoms with Crippen LogP contribution in [-0.4, -0.2) is 37.2 Å². The van der Waals surface area contributed by atoms with Gasteiger partial charge in [0, 0.05) is 19.3 Å². The maximum atomic E-state index is 12.7. The molecule has 0 aromatic carbocycles. The molecule has 6 heteroatoms. The van der Waals surface area contributed by atoms with Gasteiger partial charge in [-0.25, -0.2) is 0 Å². The fraction of sp³-hybridized carbons (Fsp3) is 0.673. The first-order valence-corrected chi connectivity index (χ1v) is 23.6. The molecule has 1 atom stereocenters. The van der Waals surface area contributed by atoms with Crippen molar-refractivity contribution >= 4 is 17.9 Å². The normalized spacial score (nSPS) is 12.8. The zero-order valence-electron chi connectivity index (χ0n) is 37.5. The SMILES string of the molecule is CC/C=C\C/C=C\C/C=C\CCCCCCC(=O)OCC(COC(=O)CCCCCCC/C=C\C/C=C\CC)OC(=O)CCCCCCCCC/C=C\C/C=C\CC. The summed E-state index contributed by atoms with van der Waals surface area (Å²) in [6.07, 6.45) is 58.5. The minimum Gasteiger partial charge on any atom is -0.462 e. The van der Waals surface area contributed by atoms with Gasteiger partial charge in [-0.15, -0.1) is 0 Å². The van der Waals surface area contributed by atoms with Crippen molar-refractivity contribution in [2.75, 3.05) is 13.2 Å². The minimum absolute atomic E-state index is 0.0958. The molecule has 0 radical (unpaired) electrons. The number of ether oxygens (including phenoxy) is 3. The van der Waals surface area contributed by atoms with Crippen LogP contribution >= 0.6 is 0 Å². The Labute approximate surface area is 356 Å². The fourth-order valence-electron chi connectivity index (χ4n) is 6.18. The number of unbranched alkanes of at least 4 members (excludes halogenated alkanes) is 16. The van der Waals surface area contributed by atoms with Gasteiger partial charge in [-0.05, 0) is 103 Å². The molecule has 6 nitrogen and oxygen atoms in total. The molecule has 0 spiro atoms. The third-order valence-electron chi connectivity index (χ3n) is 9.63. The summed E-state index contributed by atoms with van der Waals surface area (Å²) in [4.78, 5) is 37.8. The van der Waals surface area contributed by atoms with Crippen molar-refractivity contribution < 1.29 is 28.6 Å². The Hall–Kier alpha value is -3.41. The van der Waals surface area contributed by atoms with Crippen molar-refractivity contribution in [1.29, 1.82) is 0 Å². The van der Waals surface area contributed by atoms with Crippen LogP contribution in [-0.2, 0) is 28.6 Å². The van der Waals surface area contributed by atoms with E-state index in [2.05, 4.69) is 106 Å². The van der Waals surface area contributed by atoms with E-state index in [1.165, 1.54) is 25.7 Å². The number of carbonyl (C=O) groups is 3. The first-order valence-electron chi connectivity index (χ1n) is 23.6. The number of rotatable bonds is 41. The van der Waals surface area contributed by atoms with Gasteiger partial charge in [0.15, 0.2) is 6.10 Å². The molecule has 0 aliphatic carbocycles. The van der Waals surface area contributed by atoms with E-state index in [1.54, 1.807) is 0 Å². The van der Waals surface area contributed by atoms with Crippen LogP contribution in [0, 0.1) is 0 Å². The maximum absolute atomic E-state index is 12.7. The second-order valence-electron chi connectivity index (χ2n) is 15.2. The smallest absolute Gasteiger partial charge is 0.306 e. The molecule has 0 bridgehead atoms. The van der Waals surface area contributed by atoms with Crippen molar-refractivity contribution in [2.24, 2.45) is 0 Å². The third-order valence-corrected chi connectivity index (χ3v) is 9.63. The molecular formula is C52H86O6. The Bertz CT molecular complexity index is 1160. The molecule has 0 saturated heterocycles. The van der Waals surface area contributed by atoms with Crippen LogP contribution in [0.3, 0.4) is 0 Å². The lowest BCUT2D eigenvalue weighted by atomic mass is 10.1. The number of hydrogen-bond donors (Lipinski definition) is 0. The number of esters is 3. The van der Waals surface area contributed by atoms with Crippen LogP contribution in [0.15, 0.2) is 85.1 Å². The molecule has 0 N–H and O–H groups in total. The average molecular weight is 807 g/mol. The maximum Gasteiger partial charge on any atom is 0.306 e. The molecule has 0 fully saturated rings. The summed E-state index contributed by atoms with van der Waals surface area (Å²) in [5.41, 5.74) is 0. The van der Waals surface area contributed by atoms with Crippen LogP contribution in [0.5, 0.6) is 0 Å². The Morgan fingerprint density at radius 2 is 0.621 bits per heavy atom. The molecule has 0 amide bonds. The standard InChI is InChI=1S/C52H86O6/c1-4-7-10-13-16-19-22-25-27-30-33-36-39-42-45-51(54)57-48-49(47-56-50(53)44-41-38-35-32-29-24-21-18-15-12-9-6-3)58-52(55)46-43-40-37-34-31-28-26-23-20-17-14-11-8-5-2/h7-12,16-21,25,27,49H,4-6,13-15,22-24,26,28-48H2,1-3H3/b10-7-,11-8-,12-9-,19-16-,20-17-,21-18-,27-25-.